The highest BCUT2D eigenvalue weighted by Crippen LogP contribution is 2.37. The van der Waals surface area contributed by atoms with Gasteiger partial charge in [-0.05, 0) is 19.4 Å². The molecule has 1 N–H and O–H groups in total. The summed E-state index contributed by atoms with van der Waals surface area (Å²) in [5.41, 5.74) is 0.486. The molecule has 0 saturated carbocycles. The predicted molar refractivity (Wildman–Crippen MR) is 59.2 cm³/mol. The van der Waals surface area contributed by atoms with Crippen LogP contribution in [0.1, 0.15) is 20.3 Å². The van der Waals surface area contributed by atoms with Crippen LogP contribution in [-0.4, -0.2) is 12.1 Å². The molecule has 1 aliphatic rings. The Hall–Kier alpha value is -0.960. The van der Waals surface area contributed by atoms with Crippen molar-refractivity contribution in [2.24, 2.45) is 0 Å². The van der Waals surface area contributed by atoms with Gasteiger partial charge in [0.1, 0.15) is 17.2 Å². The van der Waals surface area contributed by atoms with Gasteiger partial charge in [-0.3, -0.25) is 0 Å². The molecule has 4 heteroatoms. The Bertz CT molecular complexity index is 396. The van der Waals surface area contributed by atoms with Crippen molar-refractivity contribution in [1.29, 1.82) is 0 Å². The first-order valence-corrected chi connectivity index (χ1v) is 5.34. The Morgan fingerprint density at radius 1 is 1.60 bits per heavy atom. The first kappa shape index (κ1) is 10.6. The quantitative estimate of drug-likeness (QED) is 0.797. The maximum atomic E-state index is 13.2. The molecular formula is C11H13ClFNO. The van der Waals surface area contributed by atoms with Crippen LogP contribution in [-0.2, 0) is 0 Å². The number of ether oxygens (including phenoxy) is 1. The lowest BCUT2D eigenvalue weighted by Crippen LogP contribution is -2.42. The molecule has 0 fully saturated rings. The van der Waals surface area contributed by atoms with Crippen molar-refractivity contribution in [3.63, 3.8) is 0 Å². The molecule has 0 amide bonds. The highest BCUT2D eigenvalue weighted by molar-refractivity contribution is 6.31. The Labute approximate surface area is 93.4 Å². The minimum Gasteiger partial charge on any atom is -0.483 e. The second-order valence-corrected chi connectivity index (χ2v) is 4.43. The molecule has 1 unspecified atom stereocenters. The fourth-order valence-corrected chi connectivity index (χ4v) is 1.70. The van der Waals surface area contributed by atoms with Crippen LogP contribution in [0.25, 0.3) is 0 Å². The van der Waals surface area contributed by atoms with Gasteiger partial charge in [-0.1, -0.05) is 18.5 Å². The van der Waals surface area contributed by atoms with Gasteiger partial charge in [-0.15, -0.1) is 0 Å². The largest absolute Gasteiger partial charge is 0.483 e. The third-order valence-corrected chi connectivity index (χ3v) is 3.07. The average Bonchev–Trinajstić information content (AvgIpc) is 2.21. The Morgan fingerprint density at radius 3 is 3.00 bits per heavy atom. The van der Waals surface area contributed by atoms with Gasteiger partial charge in [0.05, 0.1) is 17.3 Å². The van der Waals surface area contributed by atoms with Crippen LogP contribution in [0.3, 0.4) is 0 Å². The summed E-state index contributed by atoms with van der Waals surface area (Å²) >= 11 is 5.68. The lowest BCUT2D eigenvalue weighted by Gasteiger charge is -2.35. The third-order valence-electron chi connectivity index (χ3n) is 2.78. The van der Waals surface area contributed by atoms with Crippen molar-refractivity contribution in [3.8, 4) is 5.75 Å². The van der Waals surface area contributed by atoms with Gasteiger partial charge in [0.25, 0.3) is 0 Å². The van der Waals surface area contributed by atoms with Gasteiger partial charge < -0.3 is 10.1 Å². The fourth-order valence-electron chi connectivity index (χ4n) is 1.53. The number of fused-ring (bicyclic) bond motifs is 1. The molecule has 82 valence electrons. The summed E-state index contributed by atoms with van der Waals surface area (Å²) in [6.45, 7) is 4.74. The van der Waals surface area contributed by atoms with E-state index in [9.17, 15) is 4.39 Å². The number of benzene rings is 1. The van der Waals surface area contributed by atoms with E-state index in [4.69, 9.17) is 16.3 Å². The topological polar surface area (TPSA) is 21.3 Å². The monoisotopic (exact) mass is 229 g/mol. The number of nitrogens with one attached hydrogen (secondary N) is 1. The molecule has 1 aromatic rings. The summed E-state index contributed by atoms with van der Waals surface area (Å²) in [5, 5.41) is 3.31. The van der Waals surface area contributed by atoms with Gasteiger partial charge in [0, 0.05) is 6.07 Å². The summed E-state index contributed by atoms with van der Waals surface area (Å²) in [4.78, 5) is 0. The van der Waals surface area contributed by atoms with Crippen LogP contribution in [0, 0.1) is 5.82 Å². The maximum absolute atomic E-state index is 13.2. The lowest BCUT2D eigenvalue weighted by molar-refractivity contribution is 0.0907. The number of anilines is 1. The molecule has 0 saturated heterocycles. The second kappa shape index (κ2) is 3.56. The normalized spacial score (nSPS) is 24.0. The molecule has 1 aromatic carbocycles. The molecule has 2 rings (SSSR count). The Morgan fingerprint density at radius 2 is 2.33 bits per heavy atom. The SMILES string of the molecule is CCC1(C)CNc2cc(Cl)c(F)cc2O1. The predicted octanol–water partition coefficient (Wildman–Crippen LogP) is 3.45. The van der Waals surface area contributed by atoms with E-state index in [1.54, 1.807) is 6.07 Å². The summed E-state index contributed by atoms with van der Waals surface area (Å²) in [5.74, 6) is 0.0880. The van der Waals surface area contributed by atoms with E-state index >= 15 is 0 Å². The summed E-state index contributed by atoms with van der Waals surface area (Å²) in [6, 6.07) is 2.89. The molecule has 0 radical (unpaired) electrons. The highest BCUT2D eigenvalue weighted by Gasteiger charge is 2.30. The van der Waals surface area contributed by atoms with E-state index in [0.29, 0.717) is 12.3 Å². The van der Waals surface area contributed by atoms with Crippen LogP contribution < -0.4 is 10.1 Å². The van der Waals surface area contributed by atoms with Crippen LogP contribution in [0.2, 0.25) is 5.02 Å². The van der Waals surface area contributed by atoms with E-state index in [-0.39, 0.29) is 10.6 Å². The van der Waals surface area contributed by atoms with Gasteiger partial charge in [0.2, 0.25) is 0 Å². The zero-order chi connectivity index (χ0) is 11.1. The smallest absolute Gasteiger partial charge is 0.146 e. The lowest BCUT2D eigenvalue weighted by atomic mass is 10.0. The molecule has 2 nitrogen and oxygen atoms in total. The minimum atomic E-state index is -0.447. The van der Waals surface area contributed by atoms with Crippen molar-refractivity contribution in [1.82, 2.24) is 0 Å². The number of hydrogen-bond donors (Lipinski definition) is 1. The maximum Gasteiger partial charge on any atom is 0.146 e. The van der Waals surface area contributed by atoms with E-state index in [1.807, 2.05) is 13.8 Å². The Kier molecular flexibility index (Phi) is 2.51. The van der Waals surface area contributed by atoms with Crippen LogP contribution in [0.4, 0.5) is 10.1 Å². The Balaban J connectivity index is 2.38. The van der Waals surface area contributed by atoms with E-state index in [1.165, 1.54) is 6.07 Å². The fraction of sp³-hybridized carbons (Fsp3) is 0.455. The van der Waals surface area contributed by atoms with Gasteiger partial charge in [-0.2, -0.15) is 0 Å². The highest BCUT2D eigenvalue weighted by atomic mass is 35.5. The van der Waals surface area contributed by atoms with Gasteiger partial charge in [0.15, 0.2) is 0 Å². The zero-order valence-electron chi connectivity index (χ0n) is 8.73. The van der Waals surface area contributed by atoms with E-state index in [0.717, 1.165) is 12.1 Å². The summed E-state index contributed by atoms with van der Waals surface area (Å²) in [7, 11) is 0. The number of rotatable bonds is 1. The van der Waals surface area contributed by atoms with Crippen LogP contribution in [0.15, 0.2) is 12.1 Å². The minimum absolute atomic E-state index is 0.116. The van der Waals surface area contributed by atoms with Crippen molar-refractivity contribution in [3.05, 3.63) is 23.0 Å². The third kappa shape index (κ3) is 1.88. The van der Waals surface area contributed by atoms with E-state index in [2.05, 4.69) is 5.32 Å². The number of halogens is 2. The first-order valence-electron chi connectivity index (χ1n) is 4.96. The molecule has 0 spiro atoms. The van der Waals surface area contributed by atoms with Crippen molar-refractivity contribution < 1.29 is 9.13 Å². The van der Waals surface area contributed by atoms with Crippen molar-refractivity contribution in [2.75, 3.05) is 11.9 Å². The zero-order valence-corrected chi connectivity index (χ0v) is 9.49. The van der Waals surface area contributed by atoms with Gasteiger partial charge >= 0.3 is 0 Å². The standard InChI is InChI=1S/C11H13ClFNO/c1-3-11(2)6-14-9-4-7(12)8(13)5-10(9)15-11/h4-5,14H,3,6H2,1-2H3. The van der Waals surface area contributed by atoms with Crippen molar-refractivity contribution in [2.45, 2.75) is 25.9 Å². The molecule has 1 atom stereocenters. The summed E-state index contributed by atoms with van der Waals surface area (Å²) in [6.07, 6.45) is 0.865. The molecular weight excluding hydrogens is 217 g/mol. The molecule has 0 aliphatic carbocycles. The van der Waals surface area contributed by atoms with Crippen LogP contribution in [0.5, 0.6) is 5.75 Å². The second-order valence-electron chi connectivity index (χ2n) is 4.02. The van der Waals surface area contributed by atoms with Gasteiger partial charge in [-0.25, -0.2) is 4.39 Å². The average molecular weight is 230 g/mol. The summed E-state index contributed by atoms with van der Waals surface area (Å²) < 4.78 is 19.0. The molecule has 1 aliphatic heterocycles. The molecule has 1 heterocycles. The molecule has 15 heavy (non-hydrogen) atoms. The molecule has 0 aromatic heterocycles. The number of hydrogen-bond acceptors (Lipinski definition) is 2. The van der Waals surface area contributed by atoms with Crippen molar-refractivity contribution >= 4 is 17.3 Å². The van der Waals surface area contributed by atoms with E-state index < -0.39 is 5.82 Å². The van der Waals surface area contributed by atoms with Crippen LogP contribution >= 0.6 is 11.6 Å². The first-order chi connectivity index (χ1) is 7.04. The molecule has 0 bridgehead atoms.